The number of ketones is 1. The van der Waals surface area contributed by atoms with Crippen LogP contribution >= 0.6 is 0 Å². The largest absolute Gasteiger partial charge is 0.461 e. The van der Waals surface area contributed by atoms with E-state index in [4.69, 9.17) is 9.47 Å². The van der Waals surface area contributed by atoms with Crippen molar-refractivity contribution in [2.24, 2.45) is 5.92 Å². The lowest BCUT2D eigenvalue weighted by Crippen LogP contribution is -2.57. The van der Waals surface area contributed by atoms with Crippen LogP contribution in [0.1, 0.15) is 88.7 Å². The Labute approximate surface area is 214 Å². The third kappa shape index (κ3) is 6.05. The number of carbonyl (C=O) groups excluding carboxylic acids is 3. The first-order chi connectivity index (χ1) is 17.4. The number of unbranched alkanes of at least 4 members (excludes halogenated alkanes) is 1. The molecule has 0 aromatic heterocycles. The molecule has 0 saturated carbocycles. The SMILES string of the molecule is CC(CCCCC(=O)CCCC(C1CC(=O)O1)C(C)(c1ccccc1)C1CC(=O)O1)c1ccccc1. The van der Waals surface area contributed by atoms with Crippen molar-refractivity contribution in [3.05, 3.63) is 71.8 Å². The molecule has 2 saturated heterocycles. The first-order valence-electron chi connectivity index (χ1n) is 13.4. The fourth-order valence-electron chi connectivity index (χ4n) is 5.86. The highest BCUT2D eigenvalue weighted by atomic mass is 16.6. The molecule has 0 bridgehead atoms. The molecule has 5 unspecified atom stereocenters. The van der Waals surface area contributed by atoms with E-state index in [0.717, 1.165) is 37.7 Å². The van der Waals surface area contributed by atoms with Gasteiger partial charge in [0.05, 0.1) is 12.8 Å². The summed E-state index contributed by atoms with van der Waals surface area (Å²) in [4.78, 5) is 36.1. The number of ether oxygens (including phenoxy) is 2. The first-order valence-corrected chi connectivity index (χ1v) is 13.4. The summed E-state index contributed by atoms with van der Waals surface area (Å²) in [6.07, 6.45) is 5.94. The van der Waals surface area contributed by atoms with E-state index in [-0.39, 0.29) is 30.1 Å². The smallest absolute Gasteiger partial charge is 0.309 e. The first kappa shape index (κ1) is 26.1. The normalized spacial score (nSPS) is 22.3. The van der Waals surface area contributed by atoms with Crippen molar-refractivity contribution in [1.29, 1.82) is 0 Å². The van der Waals surface area contributed by atoms with Gasteiger partial charge < -0.3 is 9.47 Å². The maximum atomic E-state index is 12.7. The molecule has 5 nitrogen and oxygen atoms in total. The van der Waals surface area contributed by atoms with Crippen LogP contribution in [0, 0.1) is 5.92 Å². The monoisotopic (exact) mass is 490 g/mol. The van der Waals surface area contributed by atoms with E-state index in [9.17, 15) is 14.4 Å². The van der Waals surface area contributed by atoms with Gasteiger partial charge in [0.15, 0.2) is 0 Å². The molecule has 0 spiro atoms. The fourth-order valence-corrected chi connectivity index (χ4v) is 5.86. The number of benzene rings is 2. The summed E-state index contributed by atoms with van der Waals surface area (Å²) in [5, 5.41) is 0. The second-order valence-corrected chi connectivity index (χ2v) is 10.7. The van der Waals surface area contributed by atoms with Crippen LogP contribution in [-0.2, 0) is 29.3 Å². The maximum Gasteiger partial charge on any atom is 0.309 e. The Bertz CT molecular complexity index is 1020. The van der Waals surface area contributed by atoms with Crippen molar-refractivity contribution in [3.8, 4) is 0 Å². The minimum absolute atomic E-state index is 0.0183. The van der Waals surface area contributed by atoms with Gasteiger partial charge in [0.2, 0.25) is 0 Å². The van der Waals surface area contributed by atoms with Gasteiger partial charge in [-0.3, -0.25) is 14.4 Å². The molecule has 192 valence electrons. The molecule has 2 aliphatic rings. The lowest BCUT2D eigenvalue weighted by molar-refractivity contribution is -0.195. The van der Waals surface area contributed by atoms with Crippen molar-refractivity contribution >= 4 is 17.7 Å². The molecule has 36 heavy (non-hydrogen) atoms. The van der Waals surface area contributed by atoms with Crippen molar-refractivity contribution in [3.63, 3.8) is 0 Å². The van der Waals surface area contributed by atoms with Crippen LogP contribution < -0.4 is 0 Å². The third-order valence-electron chi connectivity index (χ3n) is 8.24. The third-order valence-corrected chi connectivity index (χ3v) is 8.24. The van der Waals surface area contributed by atoms with Crippen LogP contribution in [0.3, 0.4) is 0 Å². The number of cyclic esters (lactones) is 2. The zero-order valence-electron chi connectivity index (χ0n) is 21.5. The predicted octanol–water partition coefficient (Wildman–Crippen LogP) is 6.30. The highest BCUT2D eigenvalue weighted by Crippen LogP contribution is 2.48. The summed E-state index contributed by atoms with van der Waals surface area (Å²) >= 11 is 0. The molecule has 5 atom stereocenters. The van der Waals surface area contributed by atoms with Crippen molar-refractivity contribution < 1.29 is 23.9 Å². The van der Waals surface area contributed by atoms with Gasteiger partial charge >= 0.3 is 11.9 Å². The van der Waals surface area contributed by atoms with Gasteiger partial charge in [0.1, 0.15) is 18.0 Å². The number of esters is 2. The molecule has 0 N–H and O–H groups in total. The molecule has 2 aromatic rings. The lowest BCUT2D eigenvalue weighted by Gasteiger charge is -2.50. The summed E-state index contributed by atoms with van der Waals surface area (Å²) < 4.78 is 11.1. The molecule has 2 heterocycles. The Hall–Kier alpha value is -2.95. The van der Waals surface area contributed by atoms with E-state index < -0.39 is 5.41 Å². The van der Waals surface area contributed by atoms with Crippen LogP contribution in [0.2, 0.25) is 0 Å². The number of hydrogen-bond donors (Lipinski definition) is 0. The van der Waals surface area contributed by atoms with E-state index in [1.54, 1.807) is 0 Å². The zero-order chi connectivity index (χ0) is 25.5. The number of Topliss-reactive ketones (excluding diaryl/α,β-unsaturated/α-hetero) is 1. The molecule has 0 amide bonds. The average molecular weight is 491 g/mol. The second kappa shape index (κ2) is 11.9. The van der Waals surface area contributed by atoms with Gasteiger partial charge in [-0.1, -0.05) is 80.9 Å². The molecule has 2 aromatic carbocycles. The Morgan fingerprint density at radius 2 is 1.44 bits per heavy atom. The fraction of sp³-hybridized carbons (Fsp3) is 0.516. The molecule has 4 rings (SSSR count). The molecule has 2 fully saturated rings. The van der Waals surface area contributed by atoms with Crippen LogP contribution in [0.4, 0.5) is 0 Å². The average Bonchev–Trinajstić information content (AvgIpc) is 2.86. The summed E-state index contributed by atoms with van der Waals surface area (Å²) in [6, 6.07) is 20.6. The molecule has 0 radical (unpaired) electrons. The Morgan fingerprint density at radius 3 is 2.06 bits per heavy atom. The van der Waals surface area contributed by atoms with Gasteiger partial charge in [-0.05, 0) is 42.7 Å². The van der Waals surface area contributed by atoms with Crippen molar-refractivity contribution in [1.82, 2.24) is 0 Å². The van der Waals surface area contributed by atoms with Crippen LogP contribution in [0.25, 0.3) is 0 Å². The minimum Gasteiger partial charge on any atom is -0.461 e. The number of rotatable bonds is 14. The van der Waals surface area contributed by atoms with E-state index in [2.05, 4.69) is 50.2 Å². The zero-order valence-corrected chi connectivity index (χ0v) is 21.5. The van der Waals surface area contributed by atoms with E-state index in [1.165, 1.54) is 5.56 Å². The lowest BCUT2D eigenvalue weighted by atomic mass is 9.61. The molecular formula is C31H38O5. The van der Waals surface area contributed by atoms with Gasteiger partial charge in [-0.2, -0.15) is 0 Å². The van der Waals surface area contributed by atoms with Crippen molar-refractivity contribution in [2.45, 2.75) is 95.2 Å². The molecule has 0 aliphatic carbocycles. The minimum atomic E-state index is -0.475. The van der Waals surface area contributed by atoms with E-state index in [0.29, 0.717) is 37.4 Å². The summed E-state index contributed by atoms with van der Waals surface area (Å²) in [5.74, 6) is 0.400. The molecule has 2 aliphatic heterocycles. The summed E-state index contributed by atoms with van der Waals surface area (Å²) in [7, 11) is 0. The Morgan fingerprint density at radius 1 is 0.861 bits per heavy atom. The summed E-state index contributed by atoms with van der Waals surface area (Å²) in [6.45, 7) is 4.36. The topological polar surface area (TPSA) is 69.7 Å². The van der Waals surface area contributed by atoms with Gasteiger partial charge in [-0.25, -0.2) is 0 Å². The quantitative estimate of drug-likeness (QED) is 0.230. The van der Waals surface area contributed by atoms with Crippen molar-refractivity contribution in [2.75, 3.05) is 0 Å². The van der Waals surface area contributed by atoms with Gasteiger partial charge in [0, 0.05) is 24.2 Å². The second-order valence-electron chi connectivity index (χ2n) is 10.7. The highest BCUT2D eigenvalue weighted by Gasteiger charge is 2.54. The highest BCUT2D eigenvalue weighted by molar-refractivity contribution is 5.78. The van der Waals surface area contributed by atoms with Crippen LogP contribution in [0.15, 0.2) is 60.7 Å². The van der Waals surface area contributed by atoms with E-state index in [1.807, 2.05) is 24.3 Å². The van der Waals surface area contributed by atoms with Crippen LogP contribution in [0.5, 0.6) is 0 Å². The Balaban J connectivity index is 1.30. The van der Waals surface area contributed by atoms with E-state index >= 15 is 0 Å². The number of carbonyl (C=O) groups is 3. The maximum absolute atomic E-state index is 12.7. The van der Waals surface area contributed by atoms with Crippen LogP contribution in [-0.4, -0.2) is 29.9 Å². The molecule has 5 heteroatoms. The summed E-state index contributed by atoms with van der Waals surface area (Å²) in [5.41, 5.74) is 1.96. The molecular weight excluding hydrogens is 452 g/mol. The van der Waals surface area contributed by atoms with Gasteiger partial charge in [-0.15, -0.1) is 0 Å². The number of hydrogen-bond acceptors (Lipinski definition) is 5. The predicted molar refractivity (Wildman–Crippen MR) is 138 cm³/mol. The Kier molecular flexibility index (Phi) is 8.60. The standard InChI is InChI=1S/C31H38O5/c1-22(23-13-5-3-6-14-23)12-9-10-17-25(32)18-11-19-26(27-20-29(33)35-27)31(2,28-21-30(34)36-28)24-15-7-4-8-16-24/h3-8,13-16,22,26-28H,9-12,17-21H2,1-2H3. The van der Waals surface area contributed by atoms with Gasteiger partial charge in [0.25, 0.3) is 0 Å².